The molecule has 0 spiro atoms. The van der Waals surface area contributed by atoms with E-state index in [4.69, 9.17) is 0 Å². The molecule has 4 rings (SSSR count). The van der Waals surface area contributed by atoms with Crippen LogP contribution in [0, 0.1) is 5.92 Å². The van der Waals surface area contributed by atoms with Gasteiger partial charge in [-0.05, 0) is 48.9 Å². The van der Waals surface area contributed by atoms with Gasteiger partial charge in [0.15, 0.2) is 0 Å². The van der Waals surface area contributed by atoms with E-state index in [-0.39, 0.29) is 17.2 Å². The lowest BCUT2D eigenvalue weighted by molar-refractivity contribution is -0.136. The molecule has 2 atom stereocenters. The Morgan fingerprint density at radius 3 is 2.41 bits per heavy atom. The topological polar surface area (TPSA) is 108 Å². The third-order valence-electron chi connectivity index (χ3n) is 6.86. The summed E-state index contributed by atoms with van der Waals surface area (Å²) in [5.74, 6) is -4.56. The molecule has 2 fully saturated rings. The highest BCUT2D eigenvalue weighted by Crippen LogP contribution is 2.45. The van der Waals surface area contributed by atoms with Crippen LogP contribution in [0.1, 0.15) is 51.5 Å². The first-order valence-electron chi connectivity index (χ1n) is 12.4. The largest absolute Gasteiger partial charge is 0.345 e. The van der Waals surface area contributed by atoms with Gasteiger partial charge in [0.2, 0.25) is 21.8 Å². The maximum Gasteiger partial charge on any atom is 0.251 e. The van der Waals surface area contributed by atoms with E-state index in [9.17, 15) is 26.8 Å². The van der Waals surface area contributed by atoms with Crippen molar-refractivity contribution in [2.24, 2.45) is 5.92 Å². The number of piperidine rings is 1. The van der Waals surface area contributed by atoms with Gasteiger partial charge >= 0.3 is 0 Å². The van der Waals surface area contributed by atoms with Crippen LogP contribution in [0.3, 0.4) is 0 Å². The van der Waals surface area contributed by atoms with Crippen LogP contribution < -0.4 is 10.6 Å². The Morgan fingerprint density at radius 1 is 1.11 bits per heavy atom. The number of nitrogens with zero attached hydrogens (tertiary/aromatic N) is 2. The van der Waals surface area contributed by atoms with E-state index in [1.54, 1.807) is 24.5 Å². The molecule has 1 aromatic heterocycles. The highest BCUT2D eigenvalue weighted by Gasteiger charge is 2.50. The van der Waals surface area contributed by atoms with Crippen molar-refractivity contribution in [3.8, 4) is 0 Å². The summed E-state index contributed by atoms with van der Waals surface area (Å²) in [6, 6.07) is 8.40. The van der Waals surface area contributed by atoms with Gasteiger partial charge in [-0.15, -0.1) is 0 Å². The number of hydrogen-bond acceptors (Lipinski definition) is 5. The van der Waals surface area contributed by atoms with Crippen molar-refractivity contribution < 1.29 is 26.8 Å². The molecular weight excluding hydrogens is 502 g/mol. The van der Waals surface area contributed by atoms with Crippen LogP contribution in [-0.2, 0) is 25.2 Å². The number of nitrogens with one attached hydrogen (secondary N) is 2. The van der Waals surface area contributed by atoms with Crippen molar-refractivity contribution in [1.82, 2.24) is 19.9 Å². The lowest BCUT2D eigenvalue weighted by Gasteiger charge is -2.38. The van der Waals surface area contributed by atoms with Crippen LogP contribution in [0.5, 0.6) is 0 Å². The monoisotopic (exact) mass is 534 g/mol. The van der Waals surface area contributed by atoms with E-state index >= 15 is 0 Å². The van der Waals surface area contributed by atoms with Crippen LogP contribution >= 0.6 is 0 Å². The molecule has 1 aliphatic carbocycles. The Hall–Kier alpha value is -2.92. The van der Waals surface area contributed by atoms with Gasteiger partial charge in [0.05, 0.1) is 10.4 Å². The standard InChI is InChI=1S/C26H32F2N4O4S/c1-18(2)15-21(23(33)31-25(10-11-25)19-7-6-13-29-17-19)30-24(34)22-16-26(27,28)12-14-32(22)37(35,36)20-8-4-3-5-9-20/h3-9,13,17-18,21-22H,10-12,14-16H2,1-2H3,(H,30,34)(H,31,33). The number of pyridine rings is 1. The maximum absolute atomic E-state index is 14.4. The van der Waals surface area contributed by atoms with Gasteiger partial charge in [0, 0.05) is 31.8 Å². The molecule has 0 radical (unpaired) electrons. The highest BCUT2D eigenvalue weighted by atomic mass is 32.2. The van der Waals surface area contributed by atoms with Crippen LogP contribution in [0.4, 0.5) is 8.78 Å². The van der Waals surface area contributed by atoms with Crippen molar-refractivity contribution in [3.63, 3.8) is 0 Å². The molecule has 2 unspecified atom stereocenters. The molecule has 2 aromatic rings. The van der Waals surface area contributed by atoms with E-state index in [2.05, 4.69) is 15.6 Å². The van der Waals surface area contributed by atoms with Crippen LogP contribution in [0.15, 0.2) is 59.8 Å². The third-order valence-corrected chi connectivity index (χ3v) is 8.78. The number of carbonyl (C=O) groups excluding carboxylic acids is 2. The molecule has 2 N–H and O–H groups in total. The van der Waals surface area contributed by atoms with Crippen molar-refractivity contribution in [3.05, 3.63) is 60.4 Å². The van der Waals surface area contributed by atoms with Gasteiger partial charge in [-0.25, -0.2) is 17.2 Å². The molecule has 2 amide bonds. The fraction of sp³-hybridized carbons (Fsp3) is 0.500. The van der Waals surface area contributed by atoms with Crippen LogP contribution in [0.2, 0.25) is 0 Å². The van der Waals surface area contributed by atoms with Crippen LogP contribution in [-0.4, -0.2) is 54.1 Å². The average Bonchev–Trinajstić information content (AvgIpc) is 3.64. The fourth-order valence-electron chi connectivity index (χ4n) is 4.71. The molecule has 0 bridgehead atoms. The van der Waals surface area contributed by atoms with E-state index in [0.717, 1.165) is 9.87 Å². The van der Waals surface area contributed by atoms with Crippen molar-refractivity contribution in [2.45, 2.75) is 74.4 Å². The number of benzene rings is 1. The van der Waals surface area contributed by atoms with Gasteiger partial charge in [-0.2, -0.15) is 4.31 Å². The summed E-state index contributed by atoms with van der Waals surface area (Å²) in [4.78, 5) is 30.7. The summed E-state index contributed by atoms with van der Waals surface area (Å²) in [6.07, 6.45) is 3.36. The molecule has 1 aliphatic heterocycles. The van der Waals surface area contributed by atoms with E-state index in [1.807, 2.05) is 19.9 Å². The quantitative estimate of drug-likeness (QED) is 0.514. The summed E-state index contributed by atoms with van der Waals surface area (Å²) in [5, 5.41) is 5.61. The minimum atomic E-state index is -4.21. The number of alkyl halides is 2. The number of sulfonamides is 1. The lowest BCUT2D eigenvalue weighted by Crippen LogP contribution is -2.59. The Morgan fingerprint density at radius 2 is 1.81 bits per heavy atom. The lowest BCUT2D eigenvalue weighted by atomic mass is 9.98. The summed E-state index contributed by atoms with van der Waals surface area (Å²) in [7, 11) is -4.21. The van der Waals surface area contributed by atoms with Crippen molar-refractivity contribution in [2.75, 3.05) is 6.54 Å². The maximum atomic E-state index is 14.4. The number of rotatable bonds is 9. The minimum Gasteiger partial charge on any atom is -0.345 e. The highest BCUT2D eigenvalue weighted by molar-refractivity contribution is 7.89. The Balaban J connectivity index is 1.56. The zero-order valence-corrected chi connectivity index (χ0v) is 21.7. The zero-order valence-electron chi connectivity index (χ0n) is 20.9. The molecule has 1 aromatic carbocycles. The minimum absolute atomic E-state index is 0.00143. The van der Waals surface area contributed by atoms with E-state index in [1.165, 1.54) is 24.3 Å². The molecule has 37 heavy (non-hydrogen) atoms. The number of halogens is 2. The van der Waals surface area contributed by atoms with Gasteiger partial charge < -0.3 is 10.6 Å². The molecule has 200 valence electrons. The smallest absolute Gasteiger partial charge is 0.251 e. The second-order valence-electron chi connectivity index (χ2n) is 10.3. The van der Waals surface area contributed by atoms with Crippen LogP contribution in [0.25, 0.3) is 0 Å². The SMILES string of the molecule is CC(C)CC(NC(=O)C1CC(F)(F)CCN1S(=O)(=O)c1ccccc1)C(=O)NC1(c2cccnc2)CC1. The molecule has 8 nitrogen and oxygen atoms in total. The molecule has 1 saturated carbocycles. The second-order valence-corrected chi connectivity index (χ2v) is 12.1. The Bertz CT molecular complexity index is 1220. The normalized spacial score (nSPS) is 21.7. The Labute approximate surface area is 215 Å². The zero-order chi connectivity index (χ0) is 26.8. The molecule has 2 aliphatic rings. The van der Waals surface area contributed by atoms with Crippen molar-refractivity contribution >= 4 is 21.8 Å². The first kappa shape index (κ1) is 27.1. The van der Waals surface area contributed by atoms with Gasteiger partial charge in [-0.1, -0.05) is 38.1 Å². The summed E-state index contributed by atoms with van der Waals surface area (Å²) in [6.45, 7) is 3.25. The van der Waals surface area contributed by atoms with Gasteiger partial charge in [0.25, 0.3) is 5.92 Å². The summed E-state index contributed by atoms with van der Waals surface area (Å²) >= 11 is 0. The molecule has 11 heteroatoms. The number of amides is 2. The number of carbonyl (C=O) groups is 2. The fourth-order valence-corrected chi connectivity index (χ4v) is 6.31. The summed E-state index contributed by atoms with van der Waals surface area (Å²) < 4.78 is 56.2. The van der Waals surface area contributed by atoms with Gasteiger partial charge in [0.1, 0.15) is 12.1 Å². The molecular formula is C26H32F2N4O4S. The average molecular weight is 535 g/mol. The first-order valence-corrected chi connectivity index (χ1v) is 13.9. The molecule has 2 heterocycles. The van der Waals surface area contributed by atoms with Gasteiger partial charge in [-0.3, -0.25) is 14.6 Å². The summed E-state index contributed by atoms with van der Waals surface area (Å²) in [5.41, 5.74) is 0.274. The molecule has 1 saturated heterocycles. The second kappa shape index (κ2) is 10.4. The number of aromatic nitrogens is 1. The third kappa shape index (κ3) is 6.15. The number of hydrogen-bond donors (Lipinski definition) is 2. The van der Waals surface area contributed by atoms with Crippen molar-refractivity contribution in [1.29, 1.82) is 0 Å². The first-order chi connectivity index (χ1) is 17.4. The Kier molecular flexibility index (Phi) is 7.66. The predicted octanol–water partition coefficient (Wildman–Crippen LogP) is 3.21. The predicted molar refractivity (Wildman–Crippen MR) is 133 cm³/mol. The van der Waals surface area contributed by atoms with E-state index < -0.39 is 64.8 Å². The van der Waals surface area contributed by atoms with E-state index in [0.29, 0.717) is 12.8 Å².